The summed E-state index contributed by atoms with van der Waals surface area (Å²) < 4.78 is 28.2. The Labute approximate surface area is 194 Å². The van der Waals surface area contributed by atoms with Crippen LogP contribution >= 0.6 is 23.2 Å². The zero-order valence-corrected chi connectivity index (χ0v) is 19.5. The lowest BCUT2D eigenvalue weighted by Crippen LogP contribution is -2.35. The Hall–Kier alpha value is -2.02. The molecule has 1 amide bonds. The Morgan fingerprint density at radius 2 is 1.74 bits per heavy atom. The van der Waals surface area contributed by atoms with Crippen LogP contribution in [0.1, 0.15) is 48.9 Å². The quantitative estimate of drug-likeness (QED) is 0.400. The number of halogens is 2. The number of hydrogen-bond donors (Lipinski definition) is 1. The average Bonchev–Trinajstić information content (AvgIpc) is 3.01. The molecule has 3 rings (SSSR count). The minimum atomic E-state index is -4.10. The summed E-state index contributed by atoms with van der Waals surface area (Å²) in [5.41, 5.74) is 0.568. The molecule has 0 bridgehead atoms. The summed E-state index contributed by atoms with van der Waals surface area (Å²) in [5, 5.41) is 3.36. The topological polar surface area (TPSA) is 66.5 Å². The summed E-state index contributed by atoms with van der Waals surface area (Å²) in [4.78, 5) is 12.7. The first-order valence-corrected chi connectivity index (χ1v) is 12.5. The monoisotopic (exact) mass is 480 g/mol. The van der Waals surface area contributed by atoms with Gasteiger partial charge in [0.15, 0.2) is 0 Å². The minimum absolute atomic E-state index is 0.000887. The van der Waals surface area contributed by atoms with E-state index in [-0.39, 0.29) is 39.0 Å². The van der Waals surface area contributed by atoms with Gasteiger partial charge >= 0.3 is 0 Å². The molecule has 8 heteroatoms. The van der Waals surface area contributed by atoms with Crippen LogP contribution in [0.4, 0.5) is 5.69 Å². The second-order valence-corrected chi connectivity index (χ2v) is 10.2. The molecule has 1 saturated carbocycles. The van der Waals surface area contributed by atoms with Gasteiger partial charge in [-0.3, -0.25) is 9.10 Å². The van der Waals surface area contributed by atoms with E-state index in [4.69, 9.17) is 23.2 Å². The molecule has 0 unspecified atom stereocenters. The number of amides is 1. The van der Waals surface area contributed by atoms with Crippen molar-refractivity contribution in [2.24, 2.45) is 0 Å². The van der Waals surface area contributed by atoms with Crippen LogP contribution in [0, 0.1) is 0 Å². The normalized spacial score (nSPS) is 15.2. The fourth-order valence-electron chi connectivity index (χ4n) is 3.75. The lowest BCUT2D eigenvalue weighted by atomic mass is 10.1. The number of nitrogens with zero attached hydrogens (tertiary/aromatic N) is 1. The molecule has 1 aliphatic carbocycles. The molecule has 2 aromatic carbocycles. The van der Waals surface area contributed by atoms with Gasteiger partial charge in [0.2, 0.25) is 0 Å². The maximum atomic E-state index is 13.5. The van der Waals surface area contributed by atoms with E-state index in [0.29, 0.717) is 5.69 Å². The second-order valence-electron chi connectivity index (χ2n) is 7.58. The molecule has 1 aliphatic rings. The molecule has 31 heavy (non-hydrogen) atoms. The first kappa shape index (κ1) is 23.6. The van der Waals surface area contributed by atoms with Crippen LogP contribution in [-0.4, -0.2) is 26.9 Å². The van der Waals surface area contributed by atoms with Crippen molar-refractivity contribution in [2.75, 3.05) is 10.8 Å². The highest BCUT2D eigenvalue weighted by molar-refractivity contribution is 7.93. The molecule has 166 valence electrons. The zero-order valence-electron chi connectivity index (χ0n) is 17.2. The van der Waals surface area contributed by atoms with Gasteiger partial charge in [0.1, 0.15) is 4.90 Å². The first-order valence-electron chi connectivity index (χ1n) is 10.3. The van der Waals surface area contributed by atoms with Crippen LogP contribution in [0.3, 0.4) is 0 Å². The molecule has 2 aromatic rings. The van der Waals surface area contributed by atoms with Crippen LogP contribution in [0.25, 0.3) is 0 Å². The third-order valence-corrected chi connectivity index (χ3v) is 7.95. The van der Waals surface area contributed by atoms with Crippen LogP contribution in [0.15, 0.2) is 60.0 Å². The molecule has 1 fully saturated rings. The lowest BCUT2D eigenvalue weighted by Gasteiger charge is -2.25. The summed E-state index contributed by atoms with van der Waals surface area (Å²) in [5.74, 6) is -0.298. The van der Waals surface area contributed by atoms with Crippen LogP contribution in [0.5, 0.6) is 0 Å². The van der Waals surface area contributed by atoms with Gasteiger partial charge in [0.25, 0.3) is 15.9 Å². The number of benzene rings is 2. The Balaban J connectivity index is 1.94. The van der Waals surface area contributed by atoms with Crippen molar-refractivity contribution in [1.29, 1.82) is 0 Å². The number of nitrogens with one attached hydrogen (secondary N) is 1. The van der Waals surface area contributed by atoms with Gasteiger partial charge in [-0.2, -0.15) is 0 Å². The van der Waals surface area contributed by atoms with E-state index in [1.807, 2.05) is 0 Å². The summed E-state index contributed by atoms with van der Waals surface area (Å²) in [6, 6.07) is 11.1. The fourth-order valence-corrected chi connectivity index (χ4v) is 6.00. The van der Waals surface area contributed by atoms with Crippen molar-refractivity contribution < 1.29 is 13.2 Å². The molecule has 0 spiro atoms. The average molecular weight is 481 g/mol. The van der Waals surface area contributed by atoms with Gasteiger partial charge < -0.3 is 5.32 Å². The van der Waals surface area contributed by atoms with E-state index >= 15 is 0 Å². The Morgan fingerprint density at radius 3 is 2.39 bits per heavy atom. The number of para-hydroxylation sites is 1. The number of carbonyl (C=O) groups excluding carboxylic acids is 1. The molecule has 0 saturated heterocycles. The molecule has 0 aromatic heterocycles. The molecule has 0 radical (unpaired) electrons. The van der Waals surface area contributed by atoms with Crippen molar-refractivity contribution in [3.8, 4) is 0 Å². The Kier molecular flexibility index (Phi) is 8.03. The third-order valence-electron chi connectivity index (χ3n) is 5.37. The number of carbonyl (C=O) groups is 1. The third kappa shape index (κ3) is 5.62. The van der Waals surface area contributed by atoms with Gasteiger partial charge in [0.05, 0.1) is 22.3 Å². The summed E-state index contributed by atoms with van der Waals surface area (Å²) in [6.45, 7) is 3.66. The highest BCUT2D eigenvalue weighted by Gasteiger charge is 2.29. The number of sulfonamides is 1. The summed E-state index contributed by atoms with van der Waals surface area (Å²) >= 11 is 12.5. The predicted octanol–water partition coefficient (Wildman–Crippen LogP) is 5.83. The molecule has 0 aliphatic heterocycles. The maximum Gasteiger partial charge on any atom is 0.266 e. The molecule has 0 atom stereocenters. The summed E-state index contributed by atoms with van der Waals surface area (Å²) in [6.07, 6.45) is 7.86. The van der Waals surface area contributed by atoms with Gasteiger partial charge in [0, 0.05) is 11.6 Å². The van der Waals surface area contributed by atoms with Crippen LogP contribution in [0.2, 0.25) is 10.0 Å². The van der Waals surface area contributed by atoms with Gasteiger partial charge in [-0.25, -0.2) is 8.42 Å². The van der Waals surface area contributed by atoms with E-state index in [9.17, 15) is 13.2 Å². The van der Waals surface area contributed by atoms with Gasteiger partial charge in [-0.05, 0) is 43.2 Å². The van der Waals surface area contributed by atoms with Crippen molar-refractivity contribution in [2.45, 2.75) is 49.5 Å². The molecule has 5 nitrogen and oxygen atoms in total. The highest BCUT2D eigenvalue weighted by Crippen LogP contribution is 2.33. The van der Waals surface area contributed by atoms with E-state index in [2.05, 4.69) is 11.9 Å². The molecular weight excluding hydrogens is 455 g/mol. The predicted molar refractivity (Wildman–Crippen MR) is 127 cm³/mol. The molecule has 0 heterocycles. The second kappa shape index (κ2) is 10.5. The molecule has 1 N–H and O–H groups in total. The van der Waals surface area contributed by atoms with E-state index < -0.39 is 10.0 Å². The molecular formula is C23H26Cl2N2O3S. The summed E-state index contributed by atoms with van der Waals surface area (Å²) in [7, 11) is -4.10. The first-order chi connectivity index (χ1) is 14.8. The minimum Gasteiger partial charge on any atom is -0.349 e. The maximum absolute atomic E-state index is 13.5. The van der Waals surface area contributed by atoms with Gasteiger partial charge in [-0.1, -0.05) is 67.1 Å². The Bertz CT molecular complexity index is 1050. The van der Waals surface area contributed by atoms with Gasteiger partial charge in [-0.15, -0.1) is 6.58 Å². The standard InChI is InChI=1S/C23H26Cl2N2O3S/c1-2-15-27(21-12-8-7-11-19(21)24)31(29,30)22-16-17(13-14-20(22)25)23(28)26-18-9-5-3-4-6-10-18/h2,7-8,11-14,16,18H,1,3-6,9-10,15H2,(H,26,28). The van der Waals surface area contributed by atoms with E-state index in [0.717, 1.165) is 30.0 Å². The van der Waals surface area contributed by atoms with E-state index in [1.165, 1.54) is 31.1 Å². The number of anilines is 1. The zero-order chi connectivity index (χ0) is 22.4. The lowest BCUT2D eigenvalue weighted by molar-refractivity contribution is 0.0933. The van der Waals surface area contributed by atoms with Crippen molar-refractivity contribution in [1.82, 2.24) is 5.32 Å². The Morgan fingerprint density at radius 1 is 1.06 bits per heavy atom. The smallest absolute Gasteiger partial charge is 0.266 e. The number of rotatable bonds is 7. The fraction of sp³-hybridized carbons (Fsp3) is 0.348. The highest BCUT2D eigenvalue weighted by atomic mass is 35.5. The largest absolute Gasteiger partial charge is 0.349 e. The SMILES string of the molecule is C=CCN(c1ccccc1Cl)S(=O)(=O)c1cc(C(=O)NC2CCCCCC2)ccc1Cl. The van der Waals surface area contributed by atoms with Crippen molar-refractivity contribution >= 4 is 44.8 Å². The number of hydrogen-bond acceptors (Lipinski definition) is 3. The van der Waals surface area contributed by atoms with Crippen LogP contribution < -0.4 is 9.62 Å². The van der Waals surface area contributed by atoms with Crippen molar-refractivity contribution in [3.63, 3.8) is 0 Å². The van der Waals surface area contributed by atoms with E-state index in [1.54, 1.807) is 30.3 Å². The van der Waals surface area contributed by atoms with Crippen LogP contribution in [-0.2, 0) is 10.0 Å². The van der Waals surface area contributed by atoms with Crippen molar-refractivity contribution in [3.05, 3.63) is 70.7 Å².